The average molecular weight is 202 g/mol. The highest BCUT2D eigenvalue weighted by atomic mass is 19.3. The molecule has 0 heterocycles. The van der Waals surface area contributed by atoms with Gasteiger partial charge in [-0.05, 0) is 0 Å². The summed E-state index contributed by atoms with van der Waals surface area (Å²) >= 11 is 0. The highest BCUT2D eigenvalue weighted by Crippen LogP contribution is 2.24. The van der Waals surface area contributed by atoms with E-state index in [2.05, 4.69) is 4.74 Å². The number of nitrogens with zero attached hydrogens (tertiary/aromatic N) is 1. The molecule has 3 nitrogen and oxygen atoms in total. The van der Waals surface area contributed by atoms with Gasteiger partial charge in [0.25, 0.3) is 0 Å². The summed E-state index contributed by atoms with van der Waals surface area (Å²) in [5, 5.41) is 8.47. The van der Waals surface area contributed by atoms with Gasteiger partial charge in [0.1, 0.15) is 6.07 Å². The van der Waals surface area contributed by atoms with E-state index in [1.165, 1.54) is 0 Å². The number of benzene rings is 1. The van der Waals surface area contributed by atoms with Crippen molar-refractivity contribution in [2.45, 2.75) is 6.61 Å². The largest absolute Gasteiger partial charge is 0.432 e. The maximum Gasteiger partial charge on any atom is 0.387 e. The number of hydrogen-bond acceptors (Lipinski definition) is 3. The molecule has 0 aliphatic carbocycles. The SMILES string of the molecule is N#Cc1cc(OC(F)F)c(F)cc1N. The van der Waals surface area contributed by atoms with Crippen molar-refractivity contribution >= 4 is 5.69 Å². The molecule has 14 heavy (non-hydrogen) atoms. The van der Waals surface area contributed by atoms with E-state index in [9.17, 15) is 13.2 Å². The van der Waals surface area contributed by atoms with Crippen molar-refractivity contribution in [3.8, 4) is 11.8 Å². The summed E-state index contributed by atoms with van der Waals surface area (Å²) < 4.78 is 40.2. The Labute approximate surface area is 77.5 Å². The quantitative estimate of drug-likeness (QED) is 0.745. The fraction of sp³-hybridized carbons (Fsp3) is 0.125. The van der Waals surface area contributed by atoms with E-state index in [0.29, 0.717) is 0 Å². The zero-order valence-electron chi connectivity index (χ0n) is 6.80. The number of nitriles is 1. The van der Waals surface area contributed by atoms with Gasteiger partial charge in [-0.25, -0.2) is 4.39 Å². The molecule has 0 saturated carbocycles. The Morgan fingerprint density at radius 1 is 1.43 bits per heavy atom. The van der Waals surface area contributed by atoms with E-state index in [-0.39, 0.29) is 11.3 Å². The first-order chi connectivity index (χ1) is 6.54. The minimum absolute atomic E-state index is 0.109. The van der Waals surface area contributed by atoms with Crippen LogP contribution in [0, 0.1) is 17.1 Å². The van der Waals surface area contributed by atoms with Crippen LogP contribution in [0.2, 0.25) is 0 Å². The topological polar surface area (TPSA) is 59.0 Å². The van der Waals surface area contributed by atoms with E-state index in [4.69, 9.17) is 11.0 Å². The van der Waals surface area contributed by atoms with Gasteiger partial charge in [-0.2, -0.15) is 14.0 Å². The van der Waals surface area contributed by atoms with Crippen molar-refractivity contribution in [2.24, 2.45) is 0 Å². The highest BCUT2D eigenvalue weighted by Gasteiger charge is 2.12. The lowest BCUT2D eigenvalue weighted by Crippen LogP contribution is -2.05. The van der Waals surface area contributed by atoms with Gasteiger partial charge in [-0.3, -0.25) is 0 Å². The molecule has 0 aromatic heterocycles. The van der Waals surface area contributed by atoms with Gasteiger partial charge in [0.2, 0.25) is 0 Å². The lowest BCUT2D eigenvalue weighted by molar-refractivity contribution is -0.0521. The highest BCUT2D eigenvalue weighted by molar-refractivity contribution is 5.57. The summed E-state index contributed by atoms with van der Waals surface area (Å²) in [7, 11) is 0. The fourth-order valence-corrected chi connectivity index (χ4v) is 0.852. The van der Waals surface area contributed by atoms with Crippen LogP contribution in [-0.2, 0) is 0 Å². The zero-order chi connectivity index (χ0) is 10.7. The molecule has 0 aliphatic heterocycles. The van der Waals surface area contributed by atoms with E-state index in [1.54, 1.807) is 6.07 Å². The molecule has 0 radical (unpaired) electrons. The first-order valence-corrected chi connectivity index (χ1v) is 3.48. The molecule has 0 bridgehead atoms. The fourth-order valence-electron chi connectivity index (χ4n) is 0.852. The van der Waals surface area contributed by atoms with Crippen molar-refractivity contribution in [2.75, 3.05) is 5.73 Å². The second-order valence-electron chi connectivity index (χ2n) is 2.36. The van der Waals surface area contributed by atoms with Crippen molar-refractivity contribution in [1.29, 1.82) is 5.26 Å². The number of anilines is 1. The standard InChI is InChI=1S/C8H5F3N2O/c9-5-2-6(13)4(3-12)1-7(5)14-8(10)11/h1-2,8H,13H2. The van der Waals surface area contributed by atoms with Gasteiger partial charge < -0.3 is 10.5 Å². The van der Waals surface area contributed by atoms with Crippen LogP contribution < -0.4 is 10.5 Å². The lowest BCUT2D eigenvalue weighted by Gasteiger charge is -2.06. The van der Waals surface area contributed by atoms with Crippen molar-refractivity contribution in [1.82, 2.24) is 0 Å². The lowest BCUT2D eigenvalue weighted by atomic mass is 10.2. The minimum atomic E-state index is -3.14. The number of hydrogen-bond donors (Lipinski definition) is 1. The Balaban J connectivity index is 3.12. The Morgan fingerprint density at radius 3 is 2.57 bits per heavy atom. The Kier molecular flexibility index (Phi) is 2.82. The Hall–Kier alpha value is -1.90. The summed E-state index contributed by atoms with van der Waals surface area (Å²) in [6.45, 7) is -3.14. The second kappa shape index (κ2) is 3.87. The number of nitrogen functional groups attached to an aromatic ring is 1. The number of alkyl halides is 2. The van der Waals surface area contributed by atoms with E-state index < -0.39 is 18.2 Å². The van der Waals surface area contributed by atoms with Crippen LogP contribution >= 0.6 is 0 Å². The number of rotatable bonds is 2. The first kappa shape index (κ1) is 10.2. The molecule has 0 unspecified atom stereocenters. The molecule has 1 aromatic rings. The third-order valence-electron chi connectivity index (χ3n) is 1.44. The van der Waals surface area contributed by atoms with Crippen molar-refractivity contribution in [3.05, 3.63) is 23.5 Å². The first-order valence-electron chi connectivity index (χ1n) is 3.48. The molecule has 0 fully saturated rings. The van der Waals surface area contributed by atoms with E-state index in [0.717, 1.165) is 12.1 Å². The summed E-state index contributed by atoms with van der Waals surface area (Å²) in [5.41, 5.74) is 5.00. The Morgan fingerprint density at radius 2 is 2.07 bits per heavy atom. The van der Waals surface area contributed by atoms with Crippen molar-refractivity contribution in [3.63, 3.8) is 0 Å². The second-order valence-corrected chi connectivity index (χ2v) is 2.36. The average Bonchev–Trinajstić information content (AvgIpc) is 2.09. The summed E-state index contributed by atoms with van der Waals surface area (Å²) in [5.74, 6) is -1.72. The van der Waals surface area contributed by atoms with E-state index in [1.807, 2.05) is 0 Å². The predicted molar refractivity (Wildman–Crippen MR) is 42.2 cm³/mol. The molecule has 0 atom stereocenters. The molecule has 1 aromatic carbocycles. The van der Waals surface area contributed by atoms with Gasteiger partial charge in [0.15, 0.2) is 11.6 Å². The van der Waals surface area contributed by atoms with Crippen LogP contribution in [0.3, 0.4) is 0 Å². The van der Waals surface area contributed by atoms with Crippen LogP contribution in [0.15, 0.2) is 12.1 Å². The number of ether oxygens (including phenoxy) is 1. The summed E-state index contributed by atoms with van der Waals surface area (Å²) in [6.07, 6.45) is 0. The molecule has 6 heteroatoms. The maximum atomic E-state index is 12.9. The van der Waals surface area contributed by atoms with Crippen LogP contribution in [-0.4, -0.2) is 6.61 Å². The molecular weight excluding hydrogens is 197 g/mol. The molecule has 0 saturated heterocycles. The molecule has 1 rings (SSSR count). The molecule has 0 amide bonds. The van der Waals surface area contributed by atoms with Gasteiger partial charge in [0, 0.05) is 12.1 Å². The van der Waals surface area contributed by atoms with Gasteiger partial charge >= 0.3 is 6.61 Å². The number of halogens is 3. The normalized spacial score (nSPS) is 9.93. The van der Waals surface area contributed by atoms with Crippen molar-refractivity contribution < 1.29 is 17.9 Å². The van der Waals surface area contributed by atoms with Gasteiger partial charge in [0.05, 0.1) is 11.3 Å². The number of nitrogens with two attached hydrogens (primary N) is 1. The van der Waals surface area contributed by atoms with Crippen LogP contribution in [0.4, 0.5) is 18.9 Å². The van der Waals surface area contributed by atoms with Gasteiger partial charge in [-0.15, -0.1) is 0 Å². The predicted octanol–water partition coefficient (Wildman–Crippen LogP) is 1.88. The molecule has 2 N–H and O–H groups in total. The molecule has 0 spiro atoms. The third kappa shape index (κ3) is 2.07. The Bertz CT molecular complexity index is 387. The molecule has 0 aliphatic rings. The monoisotopic (exact) mass is 202 g/mol. The molecular formula is C8H5F3N2O. The van der Waals surface area contributed by atoms with Crippen LogP contribution in [0.25, 0.3) is 0 Å². The van der Waals surface area contributed by atoms with Crippen LogP contribution in [0.5, 0.6) is 5.75 Å². The van der Waals surface area contributed by atoms with E-state index >= 15 is 0 Å². The zero-order valence-corrected chi connectivity index (χ0v) is 6.80. The maximum absolute atomic E-state index is 12.9. The smallest absolute Gasteiger partial charge is 0.387 e. The minimum Gasteiger partial charge on any atom is -0.432 e. The molecule has 74 valence electrons. The summed E-state index contributed by atoms with van der Waals surface area (Å²) in [4.78, 5) is 0. The van der Waals surface area contributed by atoms with Crippen LogP contribution in [0.1, 0.15) is 5.56 Å². The summed E-state index contributed by atoms with van der Waals surface area (Å²) in [6, 6.07) is 3.21. The van der Waals surface area contributed by atoms with Gasteiger partial charge in [-0.1, -0.05) is 0 Å². The third-order valence-corrected chi connectivity index (χ3v) is 1.44.